The van der Waals surface area contributed by atoms with Crippen molar-refractivity contribution in [2.75, 3.05) is 11.5 Å². The molecule has 0 bridgehead atoms. The topological polar surface area (TPSA) is 20.2 Å². The Morgan fingerprint density at radius 1 is 1.88 bits per heavy atom. The van der Waals surface area contributed by atoms with E-state index in [1.165, 1.54) is 0 Å². The van der Waals surface area contributed by atoms with Gasteiger partial charge in [0.05, 0.1) is 6.10 Å². The highest BCUT2D eigenvalue weighted by atomic mass is 32.2. The maximum absolute atomic E-state index is 8.72. The van der Waals surface area contributed by atoms with Gasteiger partial charge in [-0.25, -0.2) is 0 Å². The van der Waals surface area contributed by atoms with Crippen molar-refractivity contribution in [2.24, 2.45) is 0 Å². The molecule has 48 valence electrons. The van der Waals surface area contributed by atoms with Crippen LogP contribution in [0.25, 0.3) is 0 Å². The average molecular weight is 132 g/mol. The van der Waals surface area contributed by atoms with Gasteiger partial charge in [0.25, 0.3) is 0 Å². The molecule has 0 aromatic carbocycles. The van der Waals surface area contributed by atoms with Crippen LogP contribution in [-0.4, -0.2) is 22.7 Å². The minimum Gasteiger partial charge on any atom is -0.393 e. The van der Waals surface area contributed by atoms with E-state index in [1.807, 2.05) is 6.08 Å². The first-order chi connectivity index (χ1) is 3.77. The van der Waals surface area contributed by atoms with Gasteiger partial charge in [-0.15, -0.1) is 6.58 Å². The Labute approximate surface area is 54.8 Å². The minimum atomic E-state index is -0.181. The van der Waals surface area contributed by atoms with E-state index in [4.69, 9.17) is 5.11 Å². The second-order valence-electron chi connectivity index (χ2n) is 1.68. The fourth-order valence-corrected chi connectivity index (χ4v) is 0.966. The van der Waals surface area contributed by atoms with Gasteiger partial charge >= 0.3 is 0 Å². The molecule has 8 heavy (non-hydrogen) atoms. The van der Waals surface area contributed by atoms with Crippen LogP contribution in [0, 0.1) is 0 Å². The molecule has 0 aliphatic rings. The third kappa shape index (κ3) is 6.05. The molecular formula is C6H12OS. The Balaban J connectivity index is 2.81. The van der Waals surface area contributed by atoms with Gasteiger partial charge in [-0.2, -0.15) is 11.8 Å². The Hall–Kier alpha value is 0.0500. The third-order valence-corrected chi connectivity index (χ3v) is 1.78. The van der Waals surface area contributed by atoms with Gasteiger partial charge in [0.2, 0.25) is 0 Å². The van der Waals surface area contributed by atoms with Gasteiger partial charge in [0.1, 0.15) is 0 Å². The number of hydrogen-bond donors (Lipinski definition) is 1. The fourth-order valence-electron chi connectivity index (χ4n) is 0.322. The molecule has 0 aromatic heterocycles. The normalized spacial score (nSPS) is 13.2. The predicted molar refractivity (Wildman–Crippen MR) is 39.2 cm³/mol. The van der Waals surface area contributed by atoms with Gasteiger partial charge in [-0.05, 0) is 6.92 Å². The third-order valence-electron chi connectivity index (χ3n) is 0.595. The monoisotopic (exact) mass is 132 g/mol. The smallest absolute Gasteiger partial charge is 0.0602 e. The molecule has 0 fully saturated rings. The molecule has 0 rings (SSSR count). The fraction of sp³-hybridized carbons (Fsp3) is 0.667. The lowest BCUT2D eigenvalue weighted by Gasteiger charge is -1.99. The van der Waals surface area contributed by atoms with E-state index in [0.717, 1.165) is 11.5 Å². The quantitative estimate of drug-likeness (QED) is 0.459. The van der Waals surface area contributed by atoms with E-state index in [9.17, 15) is 0 Å². The number of hydrogen-bond acceptors (Lipinski definition) is 2. The number of aliphatic hydroxyl groups excluding tert-OH is 1. The Kier molecular flexibility index (Phi) is 5.22. The van der Waals surface area contributed by atoms with E-state index in [-0.39, 0.29) is 6.10 Å². The van der Waals surface area contributed by atoms with Crippen LogP contribution in [0.1, 0.15) is 6.92 Å². The highest BCUT2D eigenvalue weighted by molar-refractivity contribution is 7.99. The maximum Gasteiger partial charge on any atom is 0.0602 e. The lowest BCUT2D eigenvalue weighted by molar-refractivity contribution is 0.220. The van der Waals surface area contributed by atoms with E-state index in [0.29, 0.717) is 0 Å². The molecule has 0 saturated carbocycles. The van der Waals surface area contributed by atoms with Crippen LogP contribution in [0.15, 0.2) is 12.7 Å². The summed E-state index contributed by atoms with van der Waals surface area (Å²) in [5.74, 6) is 1.75. The summed E-state index contributed by atoms with van der Waals surface area (Å²) in [4.78, 5) is 0. The van der Waals surface area contributed by atoms with Crippen molar-refractivity contribution in [1.82, 2.24) is 0 Å². The highest BCUT2D eigenvalue weighted by Gasteiger charge is 1.91. The van der Waals surface area contributed by atoms with E-state index in [2.05, 4.69) is 6.58 Å². The zero-order valence-electron chi connectivity index (χ0n) is 5.13. The van der Waals surface area contributed by atoms with Gasteiger partial charge in [-0.1, -0.05) is 6.08 Å². The number of thioether (sulfide) groups is 1. The van der Waals surface area contributed by atoms with Crippen LogP contribution in [0.5, 0.6) is 0 Å². The summed E-state index contributed by atoms with van der Waals surface area (Å²) in [7, 11) is 0. The Morgan fingerprint density at radius 3 is 2.88 bits per heavy atom. The first-order valence-electron chi connectivity index (χ1n) is 2.64. The summed E-state index contributed by atoms with van der Waals surface area (Å²) in [5.41, 5.74) is 0. The zero-order chi connectivity index (χ0) is 6.41. The number of rotatable bonds is 4. The molecule has 0 radical (unpaired) electrons. The van der Waals surface area contributed by atoms with Crippen LogP contribution in [0.2, 0.25) is 0 Å². The minimum absolute atomic E-state index is 0.181. The summed E-state index contributed by atoms with van der Waals surface area (Å²) in [5, 5.41) is 8.72. The molecule has 0 aliphatic carbocycles. The van der Waals surface area contributed by atoms with Crippen molar-refractivity contribution in [1.29, 1.82) is 0 Å². The number of aliphatic hydroxyl groups is 1. The molecule has 1 nitrogen and oxygen atoms in total. The summed E-state index contributed by atoms with van der Waals surface area (Å²) in [6, 6.07) is 0. The van der Waals surface area contributed by atoms with Crippen molar-refractivity contribution in [3.63, 3.8) is 0 Å². The van der Waals surface area contributed by atoms with E-state index < -0.39 is 0 Å². The molecular weight excluding hydrogens is 120 g/mol. The van der Waals surface area contributed by atoms with Crippen molar-refractivity contribution in [3.05, 3.63) is 12.7 Å². The van der Waals surface area contributed by atoms with Gasteiger partial charge in [0.15, 0.2) is 0 Å². The average Bonchev–Trinajstić information content (AvgIpc) is 1.66. The summed E-state index contributed by atoms with van der Waals surface area (Å²) in [6.07, 6.45) is 1.66. The second-order valence-corrected chi connectivity index (χ2v) is 2.75. The van der Waals surface area contributed by atoms with Crippen LogP contribution in [0.4, 0.5) is 0 Å². The second kappa shape index (κ2) is 5.19. The van der Waals surface area contributed by atoms with Gasteiger partial charge in [-0.3, -0.25) is 0 Å². The Morgan fingerprint density at radius 2 is 2.50 bits per heavy atom. The summed E-state index contributed by atoms with van der Waals surface area (Å²) < 4.78 is 0. The van der Waals surface area contributed by atoms with Crippen LogP contribution in [0.3, 0.4) is 0 Å². The summed E-state index contributed by atoms with van der Waals surface area (Å²) >= 11 is 1.69. The molecule has 1 atom stereocenters. The molecule has 0 heterocycles. The van der Waals surface area contributed by atoms with Gasteiger partial charge < -0.3 is 5.11 Å². The molecule has 2 heteroatoms. The molecule has 0 aromatic rings. The van der Waals surface area contributed by atoms with Crippen molar-refractivity contribution < 1.29 is 5.11 Å². The van der Waals surface area contributed by atoms with Crippen molar-refractivity contribution >= 4 is 11.8 Å². The molecule has 0 aliphatic heterocycles. The molecule has 0 saturated heterocycles. The lowest BCUT2D eigenvalue weighted by atomic mass is 10.5. The van der Waals surface area contributed by atoms with Crippen LogP contribution >= 0.6 is 11.8 Å². The molecule has 1 unspecified atom stereocenters. The Bertz CT molecular complexity index is 61.5. The first-order valence-corrected chi connectivity index (χ1v) is 3.79. The lowest BCUT2D eigenvalue weighted by Crippen LogP contribution is -2.02. The molecule has 0 amide bonds. The summed E-state index contributed by atoms with van der Waals surface area (Å²) in [6.45, 7) is 5.34. The van der Waals surface area contributed by atoms with Crippen molar-refractivity contribution in [2.45, 2.75) is 13.0 Å². The zero-order valence-corrected chi connectivity index (χ0v) is 5.95. The van der Waals surface area contributed by atoms with Crippen LogP contribution < -0.4 is 0 Å². The van der Waals surface area contributed by atoms with Crippen molar-refractivity contribution in [3.8, 4) is 0 Å². The van der Waals surface area contributed by atoms with E-state index in [1.54, 1.807) is 18.7 Å². The SMILES string of the molecule is C=CCSCC(C)O. The standard InChI is InChI=1S/C6H12OS/c1-3-4-8-5-6(2)7/h3,6-7H,1,4-5H2,2H3. The largest absolute Gasteiger partial charge is 0.393 e. The van der Waals surface area contributed by atoms with Gasteiger partial charge in [0, 0.05) is 11.5 Å². The first kappa shape index (κ1) is 8.05. The maximum atomic E-state index is 8.72. The molecule has 1 N–H and O–H groups in total. The van der Waals surface area contributed by atoms with Crippen LogP contribution in [-0.2, 0) is 0 Å². The highest BCUT2D eigenvalue weighted by Crippen LogP contribution is 2.01. The molecule has 0 spiro atoms. The predicted octanol–water partition coefficient (Wildman–Crippen LogP) is 1.29. The van der Waals surface area contributed by atoms with E-state index >= 15 is 0 Å².